The Bertz CT molecular complexity index is 1760. The van der Waals surface area contributed by atoms with Crippen molar-refractivity contribution < 1.29 is 48.5 Å². The summed E-state index contributed by atoms with van der Waals surface area (Å²) in [5.74, 6) is -0.0153. The fraction of sp³-hybridized carbons (Fsp3) is 0.500. The third-order valence-corrected chi connectivity index (χ3v) is 11.0. The molecular weight excluding hydrogens is 710 g/mol. The number of halogens is 6. The van der Waals surface area contributed by atoms with E-state index in [0.717, 1.165) is 42.5 Å². The molecule has 0 N–H and O–H groups in total. The smallest absolute Gasteiger partial charge is 0.376 e. The summed E-state index contributed by atoms with van der Waals surface area (Å²) in [7, 11) is -1.84. The number of rotatable bonds is 15. The number of para-hydroxylation sites is 1. The lowest BCUT2D eigenvalue weighted by Gasteiger charge is -2.42. The van der Waals surface area contributed by atoms with Crippen LogP contribution in [-0.2, 0) is 53.6 Å². The van der Waals surface area contributed by atoms with Crippen LogP contribution in [0, 0.1) is 0 Å². The molecule has 2 aliphatic heterocycles. The van der Waals surface area contributed by atoms with Crippen molar-refractivity contribution in [1.29, 1.82) is 0 Å². The highest BCUT2D eigenvalue weighted by atomic mass is 32.2. The van der Waals surface area contributed by atoms with Crippen molar-refractivity contribution in [2.75, 3.05) is 51.1 Å². The van der Waals surface area contributed by atoms with Gasteiger partial charge in [0.25, 0.3) is 10.1 Å². The molecule has 1 saturated heterocycles. The van der Waals surface area contributed by atoms with E-state index in [1.54, 1.807) is 11.9 Å². The minimum absolute atomic E-state index is 0.00502. The van der Waals surface area contributed by atoms with Gasteiger partial charge in [0.2, 0.25) is 5.91 Å². The lowest BCUT2D eigenvalue weighted by atomic mass is 9.73. The second-order valence-electron chi connectivity index (χ2n) is 13.9. The molecule has 2 heterocycles. The Hall–Kier alpha value is -3.46. The minimum Gasteiger partial charge on any atom is -0.376 e. The summed E-state index contributed by atoms with van der Waals surface area (Å²) in [6, 6.07) is 18.8. The Morgan fingerprint density at radius 2 is 1.40 bits per heavy atom. The molecule has 1 fully saturated rings. The fourth-order valence-corrected chi connectivity index (χ4v) is 8.07. The first-order valence-corrected chi connectivity index (χ1v) is 19.1. The normalized spacial score (nSPS) is 19.6. The molecule has 0 radical (unpaired) electrons. The number of hydrogen-bond acceptors (Lipinski definition) is 6. The van der Waals surface area contributed by atoms with E-state index in [1.165, 1.54) is 0 Å². The van der Waals surface area contributed by atoms with Gasteiger partial charge in [-0.3, -0.25) is 8.98 Å². The van der Waals surface area contributed by atoms with Crippen molar-refractivity contribution >= 4 is 21.7 Å². The van der Waals surface area contributed by atoms with Gasteiger partial charge in [-0.05, 0) is 99.1 Å². The van der Waals surface area contributed by atoms with E-state index >= 15 is 0 Å². The molecule has 0 aromatic heterocycles. The monoisotopic (exact) mass is 754 g/mol. The first-order valence-electron chi connectivity index (χ1n) is 17.3. The Morgan fingerprint density at radius 1 is 0.808 bits per heavy atom. The SMILES string of the molecule is CN1C(=O)C(CCCCN2CCC(COCc3cc(C(F)(F)F)cc(C(F)(F)F)c3)(c3ccccc3)CC2)(CCCOS(C)(=O)=O)c2ccccc21. The van der Waals surface area contributed by atoms with Gasteiger partial charge in [0.15, 0.2) is 0 Å². The van der Waals surface area contributed by atoms with Crippen molar-refractivity contribution in [2.24, 2.45) is 0 Å². The molecule has 1 atom stereocenters. The number of carbonyl (C=O) groups excluding carboxylic acids is 1. The van der Waals surface area contributed by atoms with Crippen LogP contribution in [0.25, 0.3) is 0 Å². The molecule has 14 heteroatoms. The number of alkyl halides is 6. The van der Waals surface area contributed by atoms with Gasteiger partial charge in [-0.2, -0.15) is 34.8 Å². The van der Waals surface area contributed by atoms with Gasteiger partial charge in [-0.1, -0.05) is 55.0 Å². The number of ether oxygens (including phenoxy) is 1. The Balaban J connectivity index is 1.21. The summed E-state index contributed by atoms with van der Waals surface area (Å²) in [5, 5.41) is 0. The van der Waals surface area contributed by atoms with Crippen LogP contribution in [0.1, 0.15) is 72.8 Å². The van der Waals surface area contributed by atoms with Crippen molar-refractivity contribution in [1.82, 2.24) is 4.90 Å². The van der Waals surface area contributed by atoms with Gasteiger partial charge < -0.3 is 14.5 Å². The minimum atomic E-state index is -4.93. The Kier molecular flexibility index (Phi) is 12.1. The summed E-state index contributed by atoms with van der Waals surface area (Å²) >= 11 is 0. The van der Waals surface area contributed by atoms with Crippen LogP contribution in [0.3, 0.4) is 0 Å². The Morgan fingerprint density at radius 3 is 2.02 bits per heavy atom. The molecule has 3 aromatic carbocycles. The highest BCUT2D eigenvalue weighted by Gasteiger charge is 2.48. The molecule has 0 bridgehead atoms. The molecule has 1 amide bonds. The third kappa shape index (κ3) is 9.36. The molecule has 0 saturated carbocycles. The number of anilines is 1. The first kappa shape index (κ1) is 39.7. The number of piperidine rings is 1. The van der Waals surface area contributed by atoms with E-state index in [-0.39, 0.29) is 30.8 Å². The first-order chi connectivity index (χ1) is 24.4. The van der Waals surface area contributed by atoms with Gasteiger partial charge in [0.1, 0.15) is 0 Å². The van der Waals surface area contributed by atoms with Crippen LogP contribution >= 0.6 is 0 Å². The number of amides is 1. The lowest BCUT2D eigenvalue weighted by Crippen LogP contribution is -2.45. The molecule has 3 aromatic rings. The summed E-state index contributed by atoms with van der Waals surface area (Å²) in [6.45, 7) is 1.91. The highest BCUT2D eigenvalue weighted by molar-refractivity contribution is 7.85. The van der Waals surface area contributed by atoms with Gasteiger partial charge in [-0.25, -0.2) is 0 Å². The van der Waals surface area contributed by atoms with Gasteiger partial charge in [-0.15, -0.1) is 0 Å². The number of likely N-dealkylation sites (N-methyl/N-ethyl adjacent to an activating group) is 1. The zero-order valence-corrected chi connectivity index (χ0v) is 30.0. The van der Waals surface area contributed by atoms with Gasteiger partial charge >= 0.3 is 12.4 Å². The number of unbranched alkanes of at least 4 members (excludes halogenated alkanes) is 1. The highest BCUT2D eigenvalue weighted by Crippen LogP contribution is 2.47. The average molecular weight is 755 g/mol. The van der Waals surface area contributed by atoms with Crippen LogP contribution in [0.2, 0.25) is 0 Å². The molecule has 7 nitrogen and oxygen atoms in total. The maximum absolute atomic E-state index is 13.7. The number of hydrogen-bond donors (Lipinski definition) is 0. The van der Waals surface area contributed by atoms with Crippen LogP contribution < -0.4 is 4.90 Å². The lowest BCUT2D eigenvalue weighted by molar-refractivity contribution is -0.143. The maximum atomic E-state index is 13.7. The zero-order chi connectivity index (χ0) is 37.8. The largest absolute Gasteiger partial charge is 0.416 e. The quantitative estimate of drug-likeness (QED) is 0.0887. The second-order valence-corrected chi connectivity index (χ2v) is 15.6. The number of carbonyl (C=O) groups is 1. The topological polar surface area (TPSA) is 76.2 Å². The predicted molar refractivity (Wildman–Crippen MR) is 185 cm³/mol. The van der Waals surface area contributed by atoms with Crippen molar-refractivity contribution in [3.63, 3.8) is 0 Å². The van der Waals surface area contributed by atoms with Gasteiger partial charge in [0.05, 0.1) is 42.6 Å². The van der Waals surface area contributed by atoms with E-state index < -0.39 is 51.0 Å². The van der Waals surface area contributed by atoms with Crippen LogP contribution in [0.5, 0.6) is 0 Å². The molecule has 1 unspecified atom stereocenters. The fourth-order valence-electron chi connectivity index (χ4n) is 7.65. The Labute approximate surface area is 301 Å². The maximum Gasteiger partial charge on any atom is 0.416 e. The summed E-state index contributed by atoms with van der Waals surface area (Å²) in [5.41, 5.74) is -1.41. The molecule has 0 spiro atoms. The molecule has 52 heavy (non-hydrogen) atoms. The van der Waals surface area contributed by atoms with E-state index in [4.69, 9.17) is 8.92 Å². The summed E-state index contributed by atoms with van der Waals surface area (Å²) < 4.78 is 114. The average Bonchev–Trinajstić information content (AvgIpc) is 3.30. The van der Waals surface area contributed by atoms with E-state index in [0.29, 0.717) is 57.3 Å². The summed E-state index contributed by atoms with van der Waals surface area (Å²) in [4.78, 5) is 17.7. The van der Waals surface area contributed by atoms with E-state index in [1.807, 2.05) is 54.6 Å². The standard InChI is InChI=1S/C38H44F6N2O5S/c1-45-33-14-7-6-13-32(33)36(34(45)47,16-10-22-51-52(2,48)49)15-8-9-19-46-20-17-35(18-21-46,29-11-4-3-5-12-29)27-50-26-28-23-30(37(39,40)41)25-31(24-28)38(42,43)44/h3-7,11-14,23-25H,8-10,15-22,26-27H2,1-2H3. The number of benzene rings is 3. The number of nitrogens with zero attached hydrogens (tertiary/aromatic N) is 2. The molecular formula is C38H44F6N2O5S. The van der Waals surface area contributed by atoms with Crippen molar-refractivity contribution in [3.05, 3.63) is 101 Å². The molecule has 2 aliphatic rings. The van der Waals surface area contributed by atoms with Crippen LogP contribution in [0.15, 0.2) is 72.8 Å². The molecule has 0 aliphatic carbocycles. The predicted octanol–water partition coefficient (Wildman–Crippen LogP) is 8.12. The van der Waals surface area contributed by atoms with Crippen molar-refractivity contribution in [2.45, 2.75) is 74.7 Å². The zero-order valence-electron chi connectivity index (χ0n) is 29.2. The summed E-state index contributed by atoms with van der Waals surface area (Å²) in [6.07, 6.45) is -4.52. The van der Waals surface area contributed by atoms with E-state index in [2.05, 4.69) is 4.90 Å². The number of likely N-dealkylation sites (tertiary alicyclic amines) is 1. The second kappa shape index (κ2) is 15.9. The van der Waals surface area contributed by atoms with E-state index in [9.17, 15) is 39.6 Å². The number of fused-ring (bicyclic) bond motifs is 1. The van der Waals surface area contributed by atoms with Crippen LogP contribution in [-0.4, -0.2) is 65.4 Å². The van der Waals surface area contributed by atoms with Crippen molar-refractivity contribution in [3.8, 4) is 0 Å². The van der Waals surface area contributed by atoms with Gasteiger partial charge in [0, 0.05) is 18.2 Å². The molecule has 284 valence electrons. The van der Waals surface area contributed by atoms with Crippen LogP contribution in [0.4, 0.5) is 32.0 Å². The molecule has 5 rings (SSSR count). The third-order valence-electron chi connectivity index (χ3n) is 10.4.